The summed E-state index contributed by atoms with van der Waals surface area (Å²) in [5.74, 6) is 2.33. The fourth-order valence-corrected chi connectivity index (χ4v) is 5.26. The lowest BCUT2D eigenvalue weighted by Gasteiger charge is -2.32. The Morgan fingerprint density at radius 2 is 0.733 bits per heavy atom. The first-order valence-electron chi connectivity index (χ1n) is 14.4. The summed E-state index contributed by atoms with van der Waals surface area (Å²) >= 11 is 0. The molecule has 1 N–H and O–H groups in total. The zero-order valence-electron chi connectivity index (χ0n) is 26.6. The number of phenols is 1. The molecule has 0 unspecified atom stereocenters. The standard InChI is InChI=1S/C37H38N2O6/c1-24-8-12-26(13-9-24)38(27-14-10-25(2)11-15-27)28-16-18-29(19-17-28)39(36-32(42-4)20-30(40)21-33(36)43-5)37-34(44-6)22-31(41-3)23-35(37)45-7/h8-23,40H,1-7H3. The lowest BCUT2D eigenvalue weighted by atomic mass is 10.1. The SMILES string of the molecule is COc1cc(OC)c(N(c2ccc(N(c3ccc(C)cc3)c3ccc(C)cc3)cc2)c2c(OC)cc(O)cc2OC)c(OC)c1. The summed E-state index contributed by atoms with van der Waals surface area (Å²) in [6.45, 7) is 4.16. The maximum Gasteiger partial charge on any atom is 0.150 e. The molecule has 232 valence electrons. The Balaban J connectivity index is 1.74. The Hall–Kier alpha value is -5.50. The summed E-state index contributed by atoms with van der Waals surface area (Å²) in [5, 5.41) is 10.5. The summed E-state index contributed by atoms with van der Waals surface area (Å²) in [5.41, 5.74) is 7.30. The van der Waals surface area contributed by atoms with Crippen molar-refractivity contribution in [2.24, 2.45) is 0 Å². The molecule has 0 aliphatic carbocycles. The first kappa shape index (κ1) is 30.9. The summed E-state index contributed by atoms with van der Waals surface area (Å²) < 4.78 is 28.9. The zero-order chi connectivity index (χ0) is 32.1. The largest absolute Gasteiger partial charge is 0.508 e. The normalized spacial score (nSPS) is 10.6. The number of rotatable bonds is 11. The van der Waals surface area contributed by atoms with Crippen molar-refractivity contribution in [1.29, 1.82) is 0 Å². The van der Waals surface area contributed by atoms with Crippen LogP contribution in [0.4, 0.5) is 34.1 Å². The van der Waals surface area contributed by atoms with E-state index in [1.807, 2.05) is 17.0 Å². The van der Waals surface area contributed by atoms with Gasteiger partial charge in [0.05, 0.1) is 35.5 Å². The molecule has 5 rings (SSSR count). The average Bonchev–Trinajstić information content (AvgIpc) is 3.07. The molecule has 0 heterocycles. The lowest BCUT2D eigenvalue weighted by Crippen LogP contribution is -2.15. The van der Waals surface area contributed by atoms with E-state index in [-0.39, 0.29) is 5.75 Å². The van der Waals surface area contributed by atoms with Gasteiger partial charge in [-0.1, -0.05) is 35.4 Å². The molecule has 0 fully saturated rings. The summed E-state index contributed by atoms with van der Waals surface area (Å²) in [7, 11) is 7.85. The van der Waals surface area contributed by atoms with Crippen molar-refractivity contribution in [1.82, 2.24) is 0 Å². The minimum absolute atomic E-state index is 0.00301. The van der Waals surface area contributed by atoms with E-state index in [2.05, 4.69) is 79.4 Å². The number of aromatic hydroxyl groups is 1. The van der Waals surface area contributed by atoms with Gasteiger partial charge >= 0.3 is 0 Å². The summed E-state index contributed by atoms with van der Waals surface area (Å²) in [6.07, 6.45) is 0. The van der Waals surface area contributed by atoms with Gasteiger partial charge in [0.15, 0.2) is 0 Å². The van der Waals surface area contributed by atoms with Crippen LogP contribution in [0.3, 0.4) is 0 Å². The van der Waals surface area contributed by atoms with Crippen LogP contribution in [0.25, 0.3) is 0 Å². The minimum atomic E-state index is 0.00301. The van der Waals surface area contributed by atoms with Crippen LogP contribution >= 0.6 is 0 Å². The van der Waals surface area contributed by atoms with Crippen LogP contribution in [0.1, 0.15) is 11.1 Å². The van der Waals surface area contributed by atoms with Crippen LogP contribution < -0.4 is 33.5 Å². The lowest BCUT2D eigenvalue weighted by molar-refractivity contribution is 0.375. The first-order chi connectivity index (χ1) is 21.8. The molecule has 0 aliphatic rings. The molecule has 5 aromatic rings. The Bertz CT molecular complexity index is 1660. The second-order valence-electron chi connectivity index (χ2n) is 10.4. The van der Waals surface area contributed by atoms with E-state index >= 15 is 0 Å². The number of benzene rings is 5. The molecule has 45 heavy (non-hydrogen) atoms. The van der Waals surface area contributed by atoms with Crippen LogP contribution in [0, 0.1) is 13.8 Å². The highest BCUT2D eigenvalue weighted by Gasteiger charge is 2.29. The number of nitrogens with zero attached hydrogens (tertiary/aromatic N) is 2. The maximum absolute atomic E-state index is 10.5. The van der Waals surface area contributed by atoms with Crippen molar-refractivity contribution < 1.29 is 28.8 Å². The molecule has 0 atom stereocenters. The topological polar surface area (TPSA) is 72.9 Å². The highest BCUT2D eigenvalue weighted by atomic mass is 16.5. The second kappa shape index (κ2) is 13.4. The van der Waals surface area contributed by atoms with Crippen LogP contribution in [0.15, 0.2) is 97.1 Å². The number of hydrogen-bond donors (Lipinski definition) is 1. The highest BCUT2D eigenvalue weighted by molar-refractivity contribution is 5.91. The molecule has 0 saturated heterocycles. The highest BCUT2D eigenvalue weighted by Crippen LogP contribution is 2.54. The van der Waals surface area contributed by atoms with Crippen LogP contribution in [-0.2, 0) is 0 Å². The van der Waals surface area contributed by atoms with E-state index in [1.165, 1.54) is 23.3 Å². The number of methoxy groups -OCH3 is 5. The van der Waals surface area contributed by atoms with E-state index in [0.717, 1.165) is 22.7 Å². The molecule has 0 radical (unpaired) electrons. The fourth-order valence-electron chi connectivity index (χ4n) is 5.26. The van der Waals surface area contributed by atoms with E-state index < -0.39 is 0 Å². The number of aryl methyl sites for hydroxylation is 2. The average molecular weight is 607 g/mol. The number of phenolic OH excluding ortho intramolecular Hbond substituents is 1. The van der Waals surface area contributed by atoms with Gasteiger partial charge in [-0.15, -0.1) is 0 Å². The number of hydrogen-bond acceptors (Lipinski definition) is 8. The number of anilines is 6. The smallest absolute Gasteiger partial charge is 0.150 e. The molecule has 0 saturated carbocycles. The first-order valence-corrected chi connectivity index (χ1v) is 14.4. The van der Waals surface area contributed by atoms with Crippen molar-refractivity contribution in [3.8, 4) is 34.5 Å². The maximum atomic E-state index is 10.5. The zero-order valence-corrected chi connectivity index (χ0v) is 26.6. The van der Waals surface area contributed by atoms with E-state index in [4.69, 9.17) is 23.7 Å². The molecule has 0 aliphatic heterocycles. The monoisotopic (exact) mass is 606 g/mol. The van der Waals surface area contributed by atoms with Crippen molar-refractivity contribution >= 4 is 34.1 Å². The van der Waals surface area contributed by atoms with Crippen molar-refractivity contribution in [3.63, 3.8) is 0 Å². The van der Waals surface area contributed by atoms with Crippen LogP contribution in [0.2, 0.25) is 0 Å². The van der Waals surface area contributed by atoms with Crippen LogP contribution in [0.5, 0.6) is 34.5 Å². The van der Waals surface area contributed by atoms with E-state index in [9.17, 15) is 5.11 Å². The molecule has 5 aromatic carbocycles. The van der Waals surface area contributed by atoms with Gasteiger partial charge in [0, 0.05) is 47.0 Å². The van der Waals surface area contributed by atoms with Gasteiger partial charge < -0.3 is 33.7 Å². The predicted molar refractivity (Wildman–Crippen MR) is 180 cm³/mol. The van der Waals surface area contributed by atoms with Crippen molar-refractivity contribution in [3.05, 3.63) is 108 Å². The van der Waals surface area contributed by atoms with Gasteiger partial charge in [-0.05, 0) is 62.4 Å². The fraction of sp³-hybridized carbons (Fsp3) is 0.189. The molecule has 0 spiro atoms. The Kier molecular flexibility index (Phi) is 9.23. The van der Waals surface area contributed by atoms with E-state index in [0.29, 0.717) is 40.1 Å². The number of ether oxygens (including phenoxy) is 5. The van der Waals surface area contributed by atoms with Gasteiger partial charge in [-0.2, -0.15) is 0 Å². The van der Waals surface area contributed by atoms with Gasteiger partial charge in [-0.3, -0.25) is 4.90 Å². The summed E-state index contributed by atoms with van der Waals surface area (Å²) in [4.78, 5) is 4.14. The molecular weight excluding hydrogens is 568 g/mol. The molecule has 0 amide bonds. The van der Waals surface area contributed by atoms with Gasteiger partial charge in [0.2, 0.25) is 0 Å². The minimum Gasteiger partial charge on any atom is -0.508 e. The Morgan fingerprint density at radius 3 is 1.07 bits per heavy atom. The molecule has 0 bridgehead atoms. The predicted octanol–water partition coefficient (Wildman–Crippen LogP) is 8.99. The van der Waals surface area contributed by atoms with Crippen LogP contribution in [-0.4, -0.2) is 40.7 Å². The van der Waals surface area contributed by atoms with Gasteiger partial charge in [0.25, 0.3) is 0 Å². The van der Waals surface area contributed by atoms with Gasteiger partial charge in [-0.25, -0.2) is 0 Å². The molecule has 8 heteroatoms. The molecular formula is C37H38N2O6. The molecule has 8 nitrogen and oxygen atoms in total. The summed E-state index contributed by atoms with van der Waals surface area (Å²) in [6, 6.07) is 31.7. The van der Waals surface area contributed by atoms with E-state index in [1.54, 1.807) is 47.7 Å². The Morgan fingerprint density at radius 1 is 0.422 bits per heavy atom. The van der Waals surface area contributed by atoms with Crippen molar-refractivity contribution in [2.45, 2.75) is 13.8 Å². The second-order valence-corrected chi connectivity index (χ2v) is 10.4. The third-order valence-corrected chi connectivity index (χ3v) is 7.55. The Labute approximate surface area is 264 Å². The quantitative estimate of drug-likeness (QED) is 0.160. The third kappa shape index (κ3) is 6.26. The third-order valence-electron chi connectivity index (χ3n) is 7.55. The van der Waals surface area contributed by atoms with Gasteiger partial charge in [0.1, 0.15) is 45.9 Å². The van der Waals surface area contributed by atoms with Crippen molar-refractivity contribution in [2.75, 3.05) is 45.3 Å². The molecule has 0 aromatic heterocycles.